The van der Waals surface area contributed by atoms with Gasteiger partial charge in [-0.25, -0.2) is 8.42 Å². The van der Waals surface area contributed by atoms with Gasteiger partial charge in [0.15, 0.2) is 0 Å². The predicted octanol–water partition coefficient (Wildman–Crippen LogP) is -0.618. The van der Waals surface area contributed by atoms with Gasteiger partial charge in [0.05, 0.1) is 12.4 Å². The van der Waals surface area contributed by atoms with Gasteiger partial charge in [0, 0.05) is 19.1 Å². The van der Waals surface area contributed by atoms with E-state index in [2.05, 4.69) is 5.32 Å². The molecule has 6 heteroatoms. The maximum absolute atomic E-state index is 11.9. The minimum absolute atomic E-state index is 0.102. The fourth-order valence-electron chi connectivity index (χ4n) is 1.67. The highest BCUT2D eigenvalue weighted by Crippen LogP contribution is 2.26. The number of nitrogens with one attached hydrogen (secondary N) is 1. The summed E-state index contributed by atoms with van der Waals surface area (Å²) in [5.41, 5.74) is 0. The summed E-state index contributed by atoms with van der Waals surface area (Å²) in [5, 5.41) is 11.7. The van der Waals surface area contributed by atoms with E-state index in [0.717, 1.165) is 19.3 Å². The lowest BCUT2D eigenvalue weighted by atomic mass is 9.93. The Morgan fingerprint density at radius 1 is 1.47 bits per heavy atom. The van der Waals surface area contributed by atoms with Crippen LogP contribution in [0.4, 0.5) is 0 Å². The van der Waals surface area contributed by atoms with Crippen molar-refractivity contribution in [3.05, 3.63) is 0 Å². The van der Waals surface area contributed by atoms with Gasteiger partial charge in [-0.3, -0.25) is 0 Å². The van der Waals surface area contributed by atoms with Gasteiger partial charge in [-0.1, -0.05) is 6.42 Å². The molecule has 0 saturated heterocycles. The van der Waals surface area contributed by atoms with Crippen LogP contribution < -0.4 is 5.32 Å². The first-order chi connectivity index (χ1) is 7.11. The molecule has 0 unspecified atom stereocenters. The molecule has 0 radical (unpaired) electrons. The largest absolute Gasteiger partial charge is 0.395 e. The monoisotopic (exact) mass is 236 g/mol. The maximum atomic E-state index is 11.9. The fraction of sp³-hybridized carbons (Fsp3) is 1.00. The van der Waals surface area contributed by atoms with Gasteiger partial charge in [-0.2, -0.15) is 4.31 Å². The Morgan fingerprint density at radius 3 is 2.53 bits per heavy atom. The quantitative estimate of drug-likeness (QED) is 0.618. The molecular formula is C9H20N2O3S. The van der Waals surface area contributed by atoms with E-state index < -0.39 is 10.0 Å². The number of hydrogen-bond donors (Lipinski definition) is 2. The maximum Gasteiger partial charge on any atom is 0.215 e. The third-order valence-corrected chi connectivity index (χ3v) is 4.69. The van der Waals surface area contributed by atoms with E-state index in [4.69, 9.17) is 5.11 Å². The van der Waals surface area contributed by atoms with Crippen molar-refractivity contribution in [2.24, 2.45) is 0 Å². The normalized spacial score (nSPS) is 18.1. The number of rotatable bonds is 7. The zero-order valence-electron chi connectivity index (χ0n) is 9.15. The summed E-state index contributed by atoms with van der Waals surface area (Å²) in [6, 6.07) is 0.124. The Bertz CT molecular complexity index is 275. The van der Waals surface area contributed by atoms with Crippen molar-refractivity contribution in [2.75, 3.05) is 32.5 Å². The number of hydrogen-bond acceptors (Lipinski definition) is 4. The van der Waals surface area contributed by atoms with Crippen molar-refractivity contribution >= 4 is 10.0 Å². The van der Waals surface area contributed by atoms with Gasteiger partial charge in [-0.15, -0.1) is 0 Å². The second kappa shape index (κ2) is 5.79. The molecule has 0 amide bonds. The minimum atomic E-state index is -3.20. The molecule has 0 atom stereocenters. The van der Waals surface area contributed by atoms with E-state index in [9.17, 15) is 8.42 Å². The molecule has 0 spiro atoms. The van der Waals surface area contributed by atoms with Crippen molar-refractivity contribution < 1.29 is 13.5 Å². The Balaban J connectivity index is 2.60. The molecule has 0 aromatic heterocycles. The molecule has 1 fully saturated rings. The highest BCUT2D eigenvalue weighted by atomic mass is 32.2. The molecular weight excluding hydrogens is 216 g/mol. The lowest BCUT2D eigenvalue weighted by molar-refractivity contribution is 0.178. The first-order valence-corrected chi connectivity index (χ1v) is 6.97. The van der Waals surface area contributed by atoms with Gasteiger partial charge >= 0.3 is 0 Å². The Morgan fingerprint density at radius 2 is 2.13 bits per heavy atom. The second-order valence-corrected chi connectivity index (χ2v) is 5.88. The van der Waals surface area contributed by atoms with E-state index in [1.807, 2.05) is 0 Å². The molecule has 2 N–H and O–H groups in total. The summed E-state index contributed by atoms with van der Waals surface area (Å²) in [5.74, 6) is 0.111. The molecule has 1 saturated carbocycles. The first-order valence-electron chi connectivity index (χ1n) is 5.37. The van der Waals surface area contributed by atoms with Crippen molar-refractivity contribution in [1.82, 2.24) is 9.62 Å². The standard InChI is InChI=1S/C9H20N2O3S/c1-10-5-8-15(13,14)11(6-7-12)9-3-2-4-9/h9-10,12H,2-8H2,1H3. The van der Waals surface area contributed by atoms with Crippen molar-refractivity contribution in [2.45, 2.75) is 25.3 Å². The lowest BCUT2D eigenvalue weighted by Crippen LogP contribution is -2.47. The number of nitrogens with zero attached hydrogens (tertiary/aromatic N) is 1. The highest BCUT2D eigenvalue weighted by molar-refractivity contribution is 7.89. The smallest absolute Gasteiger partial charge is 0.215 e. The zero-order chi connectivity index (χ0) is 11.3. The van der Waals surface area contributed by atoms with Crippen LogP contribution >= 0.6 is 0 Å². The highest BCUT2D eigenvalue weighted by Gasteiger charge is 2.32. The van der Waals surface area contributed by atoms with Crippen LogP contribution in [0.1, 0.15) is 19.3 Å². The summed E-state index contributed by atoms with van der Waals surface area (Å²) in [6.45, 7) is 0.586. The SMILES string of the molecule is CNCCS(=O)(=O)N(CCO)C1CCC1. The van der Waals surface area contributed by atoms with Crippen LogP contribution in [0.25, 0.3) is 0 Å². The van der Waals surface area contributed by atoms with E-state index in [1.54, 1.807) is 7.05 Å². The van der Waals surface area contributed by atoms with Crippen molar-refractivity contribution in [3.8, 4) is 0 Å². The summed E-state index contributed by atoms with van der Waals surface area (Å²) in [7, 11) is -1.46. The van der Waals surface area contributed by atoms with Crippen LogP contribution in [0.3, 0.4) is 0 Å². The Kier molecular flexibility index (Phi) is 4.98. The first kappa shape index (κ1) is 12.9. The third-order valence-electron chi connectivity index (χ3n) is 2.77. The summed E-state index contributed by atoms with van der Waals surface area (Å²) >= 11 is 0. The van der Waals surface area contributed by atoms with Gasteiger partial charge < -0.3 is 10.4 Å². The van der Waals surface area contributed by atoms with Crippen molar-refractivity contribution in [1.29, 1.82) is 0 Å². The number of aliphatic hydroxyl groups is 1. The molecule has 5 nitrogen and oxygen atoms in total. The Hall–Kier alpha value is -0.170. The summed E-state index contributed by atoms with van der Waals surface area (Å²) in [4.78, 5) is 0. The molecule has 1 aliphatic carbocycles. The van der Waals surface area contributed by atoms with E-state index in [0.29, 0.717) is 6.54 Å². The molecule has 0 aliphatic heterocycles. The average Bonchev–Trinajstić information content (AvgIpc) is 2.11. The molecule has 15 heavy (non-hydrogen) atoms. The Labute approximate surface area is 91.5 Å². The number of sulfonamides is 1. The van der Waals surface area contributed by atoms with Gasteiger partial charge in [0.25, 0.3) is 0 Å². The van der Waals surface area contributed by atoms with Crippen LogP contribution in [0.2, 0.25) is 0 Å². The van der Waals surface area contributed by atoms with Crippen LogP contribution in [0.5, 0.6) is 0 Å². The van der Waals surface area contributed by atoms with E-state index >= 15 is 0 Å². The molecule has 90 valence electrons. The van der Waals surface area contributed by atoms with Gasteiger partial charge in [-0.05, 0) is 19.9 Å². The van der Waals surface area contributed by atoms with Crippen LogP contribution in [0, 0.1) is 0 Å². The predicted molar refractivity (Wildman–Crippen MR) is 59.1 cm³/mol. The average molecular weight is 236 g/mol. The third kappa shape index (κ3) is 3.41. The molecule has 1 aliphatic rings. The number of aliphatic hydroxyl groups excluding tert-OH is 1. The fourth-order valence-corrected chi connectivity index (χ4v) is 3.39. The van der Waals surface area contributed by atoms with Crippen LogP contribution in [-0.2, 0) is 10.0 Å². The molecule has 0 aromatic rings. The molecule has 0 bridgehead atoms. The molecule has 0 heterocycles. The van der Waals surface area contributed by atoms with E-state index in [1.165, 1.54) is 4.31 Å². The van der Waals surface area contributed by atoms with Crippen LogP contribution in [0.15, 0.2) is 0 Å². The molecule has 1 rings (SSSR count). The van der Waals surface area contributed by atoms with E-state index in [-0.39, 0.29) is 24.9 Å². The minimum Gasteiger partial charge on any atom is -0.395 e. The van der Waals surface area contributed by atoms with Crippen LogP contribution in [-0.4, -0.2) is 56.4 Å². The zero-order valence-corrected chi connectivity index (χ0v) is 9.96. The van der Waals surface area contributed by atoms with Gasteiger partial charge in [0.2, 0.25) is 10.0 Å². The second-order valence-electron chi connectivity index (χ2n) is 3.84. The summed E-state index contributed by atoms with van der Waals surface area (Å²) < 4.78 is 25.2. The summed E-state index contributed by atoms with van der Waals surface area (Å²) in [6.07, 6.45) is 2.95. The topological polar surface area (TPSA) is 69.6 Å². The molecule has 0 aromatic carbocycles. The van der Waals surface area contributed by atoms with Crippen molar-refractivity contribution in [3.63, 3.8) is 0 Å². The van der Waals surface area contributed by atoms with Gasteiger partial charge in [0.1, 0.15) is 0 Å². The lowest BCUT2D eigenvalue weighted by Gasteiger charge is -2.36.